The lowest BCUT2D eigenvalue weighted by Crippen LogP contribution is -2.22. The van der Waals surface area contributed by atoms with E-state index in [1.165, 1.54) is 23.0 Å². The average Bonchev–Trinajstić information content (AvgIpc) is 2.84. The van der Waals surface area contributed by atoms with Crippen LogP contribution in [0, 0.1) is 6.92 Å². The minimum absolute atomic E-state index is 0.00668. The maximum Gasteiger partial charge on any atom is 0.342 e. The number of sulfone groups is 1. The number of nitrogens with zero attached hydrogens (tertiary/aromatic N) is 2. The summed E-state index contributed by atoms with van der Waals surface area (Å²) >= 11 is 0. The molecule has 0 aliphatic carbocycles. The van der Waals surface area contributed by atoms with Crippen LogP contribution in [0.2, 0.25) is 0 Å². The van der Waals surface area contributed by atoms with Gasteiger partial charge in [0.05, 0.1) is 16.8 Å². The van der Waals surface area contributed by atoms with Crippen molar-refractivity contribution in [3.63, 3.8) is 0 Å². The zero-order valence-corrected chi connectivity index (χ0v) is 14.3. The predicted molar refractivity (Wildman–Crippen MR) is 86.4 cm³/mol. The lowest BCUT2D eigenvalue weighted by Gasteiger charge is -2.10. The summed E-state index contributed by atoms with van der Waals surface area (Å²) < 4.78 is 29.8. The van der Waals surface area contributed by atoms with Crippen molar-refractivity contribution in [3.05, 3.63) is 41.7 Å². The van der Waals surface area contributed by atoms with Gasteiger partial charge in [0.2, 0.25) is 0 Å². The summed E-state index contributed by atoms with van der Waals surface area (Å²) in [7, 11) is -1.81. The fourth-order valence-corrected chi connectivity index (χ4v) is 2.83. The summed E-state index contributed by atoms with van der Waals surface area (Å²) in [5, 5.41) is 6.35. The normalized spacial score (nSPS) is 11.1. The molecule has 0 fully saturated rings. The Labute approximate surface area is 139 Å². The lowest BCUT2D eigenvalue weighted by atomic mass is 10.3. The quantitative estimate of drug-likeness (QED) is 0.803. The standard InChI is InChI=1S/C15H17N3O5S/c1-10-11(8-16-18(10)2)15(20)23-9-14(19)17-12-6-4-5-7-13(12)24(3,21)22/h4-8H,9H2,1-3H3,(H,17,19). The van der Waals surface area contributed by atoms with E-state index in [0.717, 1.165) is 6.26 Å². The van der Waals surface area contributed by atoms with E-state index in [9.17, 15) is 18.0 Å². The molecule has 9 heteroatoms. The highest BCUT2D eigenvalue weighted by Crippen LogP contribution is 2.20. The van der Waals surface area contributed by atoms with E-state index in [-0.39, 0.29) is 16.1 Å². The molecule has 128 valence electrons. The van der Waals surface area contributed by atoms with Crippen molar-refractivity contribution in [1.82, 2.24) is 9.78 Å². The highest BCUT2D eigenvalue weighted by atomic mass is 32.2. The molecular formula is C15H17N3O5S. The first-order valence-electron chi connectivity index (χ1n) is 6.95. The molecule has 0 spiro atoms. The van der Waals surface area contributed by atoms with Crippen LogP contribution in [0.15, 0.2) is 35.4 Å². The summed E-state index contributed by atoms with van der Waals surface area (Å²) in [5.41, 5.74) is 1.02. The number of anilines is 1. The SMILES string of the molecule is Cc1c(C(=O)OCC(=O)Nc2ccccc2S(C)(=O)=O)cnn1C. The molecule has 2 rings (SSSR count). The first kappa shape index (κ1) is 17.7. The van der Waals surface area contributed by atoms with Crippen molar-refractivity contribution in [2.24, 2.45) is 7.05 Å². The van der Waals surface area contributed by atoms with Crippen molar-refractivity contribution >= 4 is 27.4 Å². The first-order chi connectivity index (χ1) is 11.2. The number of hydrogen-bond donors (Lipinski definition) is 1. The largest absolute Gasteiger partial charge is 0.452 e. The molecule has 8 nitrogen and oxygen atoms in total. The third-order valence-corrected chi connectivity index (χ3v) is 4.51. The van der Waals surface area contributed by atoms with Crippen molar-refractivity contribution in [3.8, 4) is 0 Å². The molecule has 1 heterocycles. The van der Waals surface area contributed by atoms with E-state index in [0.29, 0.717) is 5.69 Å². The molecule has 24 heavy (non-hydrogen) atoms. The molecule has 2 aromatic rings. The zero-order valence-electron chi connectivity index (χ0n) is 13.4. The summed E-state index contributed by atoms with van der Waals surface area (Å²) in [5.74, 6) is -1.31. The number of aryl methyl sites for hydroxylation is 1. The molecule has 1 aromatic heterocycles. The Morgan fingerprint density at radius 3 is 2.54 bits per heavy atom. The monoisotopic (exact) mass is 351 g/mol. The van der Waals surface area contributed by atoms with Crippen molar-refractivity contribution < 1.29 is 22.7 Å². The fraction of sp³-hybridized carbons (Fsp3) is 0.267. The smallest absolute Gasteiger partial charge is 0.342 e. The predicted octanol–water partition coefficient (Wildman–Crippen LogP) is 0.928. The van der Waals surface area contributed by atoms with Crippen LogP contribution in [0.3, 0.4) is 0 Å². The number of carbonyl (C=O) groups excluding carboxylic acids is 2. The molecule has 0 saturated heterocycles. The Hall–Kier alpha value is -2.68. The second-order valence-corrected chi connectivity index (χ2v) is 7.14. The Kier molecular flexibility index (Phi) is 5.03. The maximum atomic E-state index is 11.9. The van der Waals surface area contributed by atoms with E-state index < -0.39 is 28.3 Å². The Morgan fingerprint density at radius 2 is 1.96 bits per heavy atom. The molecule has 0 bridgehead atoms. The van der Waals surface area contributed by atoms with Crippen LogP contribution < -0.4 is 5.32 Å². The number of amides is 1. The number of nitrogens with one attached hydrogen (secondary N) is 1. The van der Waals surface area contributed by atoms with Gasteiger partial charge in [0.15, 0.2) is 16.4 Å². The highest BCUT2D eigenvalue weighted by Gasteiger charge is 2.18. The molecule has 0 aliphatic rings. The van der Waals surface area contributed by atoms with Gasteiger partial charge in [-0.25, -0.2) is 13.2 Å². The Balaban J connectivity index is 2.02. The molecule has 1 N–H and O–H groups in total. The van der Waals surface area contributed by atoms with E-state index in [1.807, 2.05) is 0 Å². The lowest BCUT2D eigenvalue weighted by molar-refractivity contribution is -0.119. The Bertz CT molecular complexity index is 886. The van der Waals surface area contributed by atoms with Gasteiger partial charge in [-0.05, 0) is 19.1 Å². The second-order valence-electron chi connectivity index (χ2n) is 5.16. The van der Waals surface area contributed by atoms with E-state index in [2.05, 4.69) is 10.4 Å². The van der Waals surface area contributed by atoms with Gasteiger partial charge >= 0.3 is 5.97 Å². The van der Waals surface area contributed by atoms with Crippen LogP contribution in [-0.4, -0.2) is 42.9 Å². The van der Waals surface area contributed by atoms with Crippen LogP contribution in [0.4, 0.5) is 5.69 Å². The molecule has 0 radical (unpaired) electrons. The summed E-state index contributed by atoms with van der Waals surface area (Å²) in [6, 6.07) is 5.99. The van der Waals surface area contributed by atoms with Gasteiger partial charge in [-0.2, -0.15) is 5.10 Å². The maximum absolute atomic E-state index is 11.9. The van der Waals surface area contributed by atoms with Crippen LogP contribution >= 0.6 is 0 Å². The van der Waals surface area contributed by atoms with E-state index in [1.54, 1.807) is 26.1 Å². The summed E-state index contributed by atoms with van der Waals surface area (Å²) in [6.07, 6.45) is 2.40. The van der Waals surface area contributed by atoms with Gasteiger partial charge in [-0.15, -0.1) is 0 Å². The zero-order chi connectivity index (χ0) is 17.9. The number of aromatic nitrogens is 2. The topological polar surface area (TPSA) is 107 Å². The van der Waals surface area contributed by atoms with Crippen LogP contribution in [0.25, 0.3) is 0 Å². The number of hydrogen-bond acceptors (Lipinski definition) is 6. The number of benzene rings is 1. The van der Waals surface area contributed by atoms with E-state index in [4.69, 9.17) is 4.74 Å². The molecule has 1 amide bonds. The van der Waals surface area contributed by atoms with Crippen LogP contribution in [0.1, 0.15) is 16.1 Å². The van der Waals surface area contributed by atoms with Crippen molar-refractivity contribution in [1.29, 1.82) is 0 Å². The summed E-state index contributed by atoms with van der Waals surface area (Å²) in [6.45, 7) is 1.16. The number of rotatable bonds is 5. The number of ether oxygens (including phenoxy) is 1. The molecule has 1 aromatic carbocycles. The van der Waals surface area contributed by atoms with Crippen LogP contribution in [-0.2, 0) is 26.4 Å². The highest BCUT2D eigenvalue weighted by molar-refractivity contribution is 7.90. The first-order valence-corrected chi connectivity index (χ1v) is 8.84. The second kappa shape index (κ2) is 6.83. The molecule has 0 unspecified atom stereocenters. The van der Waals surface area contributed by atoms with Crippen molar-refractivity contribution in [2.75, 3.05) is 18.2 Å². The van der Waals surface area contributed by atoms with Crippen molar-refractivity contribution in [2.45, 2.75) is 11.8 Å². The third kappa shape index (κ3) is 3.99. The minimum Gasteiger partial charge on any atom is -0.452 e. The van der Waals surface area contributed by atoms with Gasteiger partial charge in [0, 0.05) is 19.0 Å². The summed E-state index contributed by atoms with van der Waals surface area (Å²) in [4.78, 5) is 23.8. The number of para-hydroxylation sites is 1. The molecular weight excluding hydrogens is 334 g/mol. The molecule has 0 aliphatic heterocycles. The average molecular weight is 351 g/mol. The molecule has 0 atom stereocenters. The number of carbonyl (C=O) groups is 2. The Morgan fingerprint density at radius 1 is 1.29 bits per heavy atom. The third-order valence-electron chi connectivity index (χ3n) is 3.35. The van der Waals surface area contributed by atoms with Gasteiger partial charge < -0.3 is 10.1 Å². The van der Waals surface area contributed by atoms with Gasteiger partial charge in [-0.1, -0.05) is 12.1 Å². The minimum atomic E-state index is -3.49. The van der Waals surface area contributed by atoms with Crippen LogP contribution in [0.5, 0.6) is 0 Å². The fourth-order valence-electron chi connectivity index (χ4n) is 1.99. The number of esters is 1. The van der Waals surface area contributed by atoms with Gasteiger partial charge in [-0.3, -0.25) is 9.48 Å². The van der Waals surface area contributed by atoms with Gasteiger partial charge in [0.1, 0.15) is 5.56 Å². The molecule has 0 saturated carbocycles. The van der Waals surface area contributed by atoms with E-state index >= 15 is 0 Å². The van der Waals surface area contributed by atoms with Gasteiger partial charge in [0.25, 0.3) is 5.91 Å².